The van der Waals surface area contributed by atoms with Crippen molar-refractivity contribution in [2.45, 2.75) is 46.6 Å². The topological polar surface area (TPSA) is 68.4 Å². The van der Waals surface area contributed by atoms with Crippen LogP contribution in [0.2, 0.25) is 0 Å². The van der Waals surface area contributed by atoms with E-state index in [1.807, 2.05) is 79.9 Å². The van der Waals surface area contributed by atoms with Gasteiger partial charge in [-0.1, -0.05) is 67.6 Å². The number of carbonyl (C=O) groups excluding carboxylic acids is 1. The highest BCUT2D eigenvalue weighted by Crippen LogP contribution is 2.32. The van der Waals surface area contributed by atoms with Crippen molar-refractivity contribution < 1.29 is 9.18 Å². The molecule has 6 rings (SSSR count). The van der Waals surface area contributed by atoms with Crippen LogP contribution in [-0.4, -0.2) is 15.0 Å². The van der Waals surface area contributed by atoms with Crippen LogP contribution in [-0.2, 0) is 4.79 Å². The Balaban J connectivity index is 1.49. The molecular formula is C36H33FN4O2S. The highest BCUT2D eigenvalue weighted by molar-refractivity contribution is 7.07. The molecule has 0 fully saturated rings. The summed E-state index contributed by atoms with van der Waals surface area (Å²) >= 11 is 1.31. The maximum absolute atomic E-state index is 14.2. The van der Waals surface area contributed by atoms with Gasteiger partial charge in [0, 0.05) is 22.8 Å². The quantitative estimate of drug-likeness (QED) is 0.239. The Kier molecular flexibility index (Phi) is 7.78. The minimum Gasteiger partial charge on any atom is -0.322 e. The van der Waals surface area contributed by atoms with E-state index in [-0.39, 0.29) is 17.3 Å². The number of nitrogens with zero attached hydrogens (tertiary/aromatic N) is 3. The molecular weight excluding hydrogens is 571 g/mol. The van der Waals surface area contributed by atoms with E-state index in [9.17, 15) is 14.0 Å². The lowest BCUT2D eigenvalue weighted by atomic mass is 9.93. The second-order valence-electron chi connectivity index (χ2n) is 11.4. The fourth-order valence-corrected chi connectivity index (χ4v) is 6.81. The molecule has 1 N–H and O–H groups in total. The normalized spacial score (nSPS) is 15.0. The van der Waals surface area contributed by atoms with Gasteiger partial charge in [0.25, 0.3) is 11.5 Å². The van der Waals surface area contributed by atoms with Gasteiger partial charge < -0.3 is 9.88 Å². The smallest absolute Gasteiger partial charge is 0.271 e. The van der Waals surface area contributed by atoms with Crippen LogP contribution in [0.1, 0.15) is 60.8 Å². The Morgan fingerprint density at radius 1 is 0.977 bits per heavy atom. The first-order valence-electron chi connectivity index (χ1n) is 14.6. The molecule has 6 nitrogen and oxygen atoms in total. The van der Waals surface area contributed by atoms with Crippen LogP contribution >= 0.6 is 11.3 Å². The average Bonchev–Trinajstić information content (AvgIpc) is 3.46. The number of allylic oxidation sites excluding steroid dienone is 1. The maximum atomic E-state index is 14.2. The van der Waals surface area contributed by atoms with Gasteiger partial charge in [0.05, 0.1) is 21.8 Å². The second-order valence-corrected chi connectivity index (χ2v) is 12.4. The van der Waals surface area contributed by atoms with Gasteiger partial charge in [0.15, 0.2) is 4.80 Å². The molecule has 3 heterocycles. The van der Waals surface area contributed by atoms with Crippen LogP contribution in [0, 0.1) is 19.7 Å². The highest BCUT2D eigenvalue weighted by atomic mass is 32.1. The van der Waals surface area contributed by atoms with Gasteiger partial charge in [-0.2, -0.15) is 0 Å². The van der Waals surface area contributed by atoms with E-state index in [1.165, 1.54) is 29.0 Å². The number of fused-ring (bicyclic) bond motifs is 1. The summed E-state index contributed by atoms with van der Waals surface area (Å²) in [5, 5.41) is 3.00. The number of benzene rings is 3. The largest absolute Gasteiger partial charge is 0.322 e. The molecule has 8 heteroatoms. The standard InChI is InChI=1S/C36H33FN4O2S/c1-21(2)25-11-13-26(14-12-25)33-32(34(42)39-29-9-7-6-8-10-29)23(4)38-36-41(33)35(43)31(44-36)20-27-19-22(3)40(24(27)5)30-17-15-28(37)16-18-30/h6-21,33H,1-5H3,(H,39,42)/b31-20+. The predicted octanol–water partition coefficient (Wildman–Crippen LogP) is 6.54. The maximum Gasteiger partial charge on any atom is 0.271 e. The molecule has 0 aliphatic carbocycles. The highest BCUT2D eigenvalue weighted by Gasteiger charge is 2.32. The number of hydrogen-bond acceptors (Lipinski definition) is 4. The third-order valence-electron chi connectivity index (χ3n) is 8.06. The molecule has 1 amide bonds. The molecule has 1 unspecified atom stereocenters. The van der Waals surface area contributed by atoms with E-state index in [0.29, 0.717) is 32.2 Å². The third kappa shape index (κ3) is 5.37. The van der Waals surface area contributed by atoms with Gasteiger partial charge in [-0.25, -0.2) is 9.38 Å². The van der Waals surface area contributed by atoms with Crippen LogP contribution in [0.5, 0.6) is 0 Å². The molecule has 222 valence electrons. The molecule has 1 aliphatic heterocycles. The number of carbonyl (C=O) groups is 1. The molecule has 1 atom stereocenters. The molecule has 3 aromatic carbocycles. The van der Waals surface area contributed by atoms with E-state index < -0.39 is 6.04 Å². The second kappa shape index (κ2) is 11.7. The summed E-state index contributed by atoms with van der Waals surface area (Å²) in [5.41, 5.74) is 7.09. The average molecular weight is 605 g/mol. The summed E-state index contributed by atoms with van der Waals surface area (Å²) in [4.78, 5) is 33.3. The van der Waals surface area contributed by atoms with Crippen LogP contribution < -0.4 is 20.2 Å². The number of halogens is 1. The Morgan fingerprint density at radius 2 is 1.66 bits per heavy atom. The molecule has 44 heavy (non-hydrogen) atoms. The van der Waals surface area contributed by atoms with Gasteiger partial charge in [-0.05, 0) is 91.9 Å². The van der Waals surface area contributed by atoms with Crippen LogP contribution in [0.3, 0.4) is 0 Å². The van der Waals surface area contributed by atoms with Crippen molar-refractivity contribution in [1.29, 1.82) is 0 Å². The molecule has 0 saturated carbocycles. The third-order valence-corrected chi connectivity index (χ3v) is 9.04. The Hall–Kier alpha value is -4.82. The van der Waals surface area contributed by atoms with Gasteiger partial charge in [0.1, 0.15) is 5.82 Å². The number of nitrogens with one attached hydrogen (secondary N) is 1. The molecule has 5 aromatic rings. The van der Waals surface area contributed by atoms with Crippen molar-refractivity contribution in [2.24, 2.45) is 4.99 Å². The van der Waals surface area contributed by atoms with Gasteiger partial charge in [0.2, 0.25) is 0 Å². The molecule has 0 saturated heterocycles. The molecule has 1 aliphatic rings. The predicted molar refractivity (Wildman–Crippen MR) is 175 cm³/mol. The number of hydrogen-bond donors (Lipinski definition) is 1. The van der Waals surface area contributed by atoms with Crippen LogP contribution in [0.15, 0.2) is 106 Å². The summed E-state index contributed by atoms with van der Waals surface area (Å²) in [6.45, 7) is 10.1. The zero-order valence-corrected chi connectivity index (χ0v) is 26.1. The first-order chi connectivity index (χ1) is 21.1. The fourth-order valence-electron chi connectivity index (χ4n) is 5.77. The van der Waals surface area contributed by atoms with Crippen molar-refractivity contribution >= 4 is 29.0 Å². The minimum atomic E-state index is -0.648. The van der Waals surface area contributed by atoms with Crippen molar-refractivity contribution in [1.82, 2.24) is 9.13 Å². The van der Waals surface area contributed by atoms with Gasteiger partial charge in [-0.15, -0.1) is 0 Å². The van der Waals surface area contributed by atoms with E-state index in [4.69, 9.17) is 4.99 Å². The zero-order chi connectivity index (χ0) is 31.1. The number of rotatable bonds is 6. The number of amides is 1. The van der Waals surface area contributed by atoms with Crippen LogP contribution in [0.4, 0.5) is 10.1 Å². The summed E-state index contributed by atoms with van der Waals surface area (Å²) in [5.74, 6) is -0.247. The van der Waals surface area contributed by atoms with Crippen molar-refractivity contribution in [3.63, 3.8) is 0 Å². The molecule has 2 aromatic heterocycles. The Labute approximate surface area is 259 Å². The van der Waals surface area contributed by atoms with E-state index in [1.54, 1.807) is 16.7 Å². The fraction of sp³-hybridized carbons (Fsp3) is 0.194. The lowest BCUT2D eigenvalue weighted by Gasteiger charge is -2.25. The monoisotopic (exact) mass is 604 g/mol. The van der Waals surface area contributed by atoms with Crippen molar-refractivity contribution in [3.8, 4) is 5.69 Å². The number of para-hydroxylation sites is 1. The lowest BCUT2D eigenvalue weighted by molar-refractivity contribution is -0.113. The summed E-state index contributed by atoms with van der Waals surface area (Å²) in [7, 11) is 0. The van der Waals surface area contributed by atoms with Crippen molar-refractivity contribution in [2.75, 3.05) is 5.32 Å². The van der Waals surface area contributed by atoms with Crippen molar-refractivity contribution in [3.05, 3.63) is 150 Å². The summed E-state index contributed by atoms with van der Waals surface area (Å²) in [6.07, 6.45) is 1.88. The molecule has 0 bridgehead atoms. The van der Waals surface area contributed by atoms with Gasteiger partial charge >= 0.3 is 0 Å². The van der Waals surface area contributed by atoms with E-state index in [2.05, 4.69) is 31.3 Å². The number of anilines is 1. The van der Waals surface area contributed by atoms with E-state index in [0.717, 1.165) is 28.2 Å². The minimum absolute atomic E-state index is 0.212. The van der Waals surface area contributed by atoms with Gasteiger partial charge in [-0.3, -0.25) is 14.2 Å². The van der Waals surface area contributed by atoms with Crippen LogP contribution in [0.25, 0.3) is 11.8 Å². The number of thiazole rings is 1. The number of aryl methyl sites for hydroxylation is 1. The number of aromatic nitrogens is 2. The first kappa shape index (κ1) is 29.3. The van der Waals surface area contributed by atoms with E-state index >= 15 is 0 Å². The zero-order valence-electron chi connectivity index (χ0n) is 25.3. The first-order valence-corrected chi connectivity index (χ1v) is 15.4. The Morgan fingerprint density at radius 3 is 2.32 bits per heavy atom. The molecule has 0 radical (unpaired) electrons. The SMILES string of the molecule is CC1=C(C(=O)Nc2ccccc2)C(c2ccc(C(C)C)cc2)n2c(s/c(=C/c3cc(C)n(-c4ccc(F)cc4)c3C)c2=O)=N1. The lowest BCUT2D eigenvalue weighted by Crippen LogP contribution is -2.40. The Bertz CT molecular complexity index is 2080. The summed E-state index contributed by atoms with van der Waals surface area (Å²) in [6, 6.07) is 25.1. The summed E-state index contributed by atoms with van der Waals surface area (Å²) < 4.78 is 17.8. The molecule has 0 spiro atoms.